The Balaban J connectivity index is 2.96. The summed E-state index contributed by atoms with van der Waals surface area (Å²) in [5, 5.41) is 21.7. The van der Waals surface area contributed by atoms with Crippen LogP contribution in [0.15, 0.2) is 30.0 Å². The SMILES string of the molecule is CC(=CC(=O)OC(C)(C)C)OP(=O)(Cl)Oc1ccc([N+](=O)[O-])c([N+](=O)[O-])c1. The van der Waals surface area contributed by atoms with Gasteiger partial charge in [-0.2, -0.15) is 0 Å². The second-order valence-corrected chi connectivity index (χ2v) is 8.53. The first-order chi connectivity index (χ1) is 12.2. The van der Waals surface area contributed by atoms with Gasteiger partial charge in [-0.25, -0.2) is 9.36 Å². The predicted molar refractivity (Wildman–Crippen MR) is 94.5 cm³/mol. The van der Waals surface area contributed by atoms with E-state index in [9.17, 15) is 29.6 Å². The molecule has 0 aliphatic heterocycles. The van der Waals surface area contributed by atoms with Crippen LogP contribution in [-0.2, 0) is 18.6 Å². The molecule has 1 unspecified atom stereocenters. The molecule has 1 atom stereocenters. The molecule has 0 aliphatic carbocycles. The molecule has 0 saturated carbocycles. The largest absolute Gasteiger partial charge is 0.529 e. The van der Waals surface area contributed by atoms with Gasteiger partial charge in [-0.15, -0.1) is 0 Å². The standard InChI is InChI=1S/C14H16ClN2O9P/c1-9(7-13(18)24-14(2,3)4)25-27(15,23)26-10-5-6-11(16(19)20)12(8-10)17(21)22/h5-8H,1-4H3. The number of nitro benzene ring substituents is 2. The van der Waals surface area contributed by atoms with Crippen molar-refractivity contribution in [2.75, 3.05) is 0 Å². The van der Waals surface area contributed by atoms with Crippen molar-refractivity contribution >= 4 is 35.5 Å². The summed E-state index contributed by atoms with van der Waals surface area (Å²) in [6.45, 7) is 1.84. The summed E-state index contributed by atoms with van der Waals surface area (Å²) in [5.74, 6) is -1.36. The van der Waals surface area contributed by atoms with E-state index in [0.717, 1.165) is 18.2 Å². The number of hydrogen-bond donors (Lipinski definition) is 0. The minimum absolute atomic E-state index is 0.195. The molecule has 148 valence electrons. The first-order valence-corrected chi connectivity index (χ1v) is 9.68. The first kappa shape index (κ1) is 22.4. The van der Waals surface area contributed by atoms with Crippen LogP contribution in [0.1, 0.15) is 27.7 Å². The van der Waals surface area contributed by atoms with E-state index >= 15 is 0 Å². The van der Waals surface area contributed by atoms with Crippen molar-refractivity contribution in [2.45, 2.75) is 33.3 Å². The molecular weight excluding hydrogens is 407 g/mol. The predicted octanol–water partition coefficient (Wildman–Crippen LogP) is 4.49. The molecule has 0 amide bonds. The number of esters is 1. The Labute approximate surface area is 158 Å². The van der Waals surface area contributed by atoms with Gasteiger partial charge in [0.25, 0.3) is 0 Å². The quantitative estimate of drug-likeness (QED) is 0.155. The summed E-state index contributed by atoms with van der Waals surface area (Å²) < 4.78 is 26.9. The van der Waals surface area contributed by atoms with Crippen molar-refractivity contribution < 1.29 is 33.0 Å². The lowest BCUT2D eigenvalue weighted by Crippen LogP contribution is -2.22. The van der Waals surface area contributed by atoms with Gasteiger partial charge >= 0.3 is 24.3 Å². The monoisotopic (exact) mass is 422 g/mol. The average molecular weight is 423 g/mol. The number of ether oxygens (including phenoxy) is 1. The zero-order valence-corrected chi connectivity index (χ0v) is 16.4. The highest BCUT2D eigenvalue weighted by atomic mass is 35.7. The molecule has 0 radical (unpaired) electrons. The molecule has 0 spiro atoms. The molecule has 0 fully saturated rings. The summed E-state index contributed by atoms with van der Waals surface area (Å²) >= 11 is 5.63. The van der Waals surface area contributed by atoms with E-state index in [4.69, 9.17) is 25.0 Å². The Morgan fingerprint density at radius 3 is 2.22 bits per heavy atom. The number of carbonyl (C=O) groups is 1. The lowest BCUT2D eigenvalue weighted by molar-refractivity contribution is -0.422. The number of nitrogens with zero attached hydrogens (tertiary/aromatic N) is 2. The van der Waals surface area contributed by atoms with Gasteiger partial charge in [-0.3, -0.25) is 20.2 Å². The zero-order chi connectivity index (χ0) is 21.0. The van der Waals surface area contributed by atoms with E-state index < -0.39 is 45.5 Å². The molecule has 0 saturated heterocycles. The Kier molecular flexibility index (Phi) is 6.93. The summed E-state index contributed by atoms with van der Waals surface area (Å²) in [6, 6.07) is 2.45. The molecule has 0 N–H and O–H groups in total. The van der Waals surface area contributed by atoms with Gasteiger partial charge in [0.05, 0.1) is 22.0 Å². The molecule has 11 nitrogen and oxygen atoms in total. The minimum Gasteiger partial charge on any atom is -0.457 e. The van der Waals surface area contributed by atoms with Crippen LogP contribution in [0.3, 0.4) is 0 Å². The number of rotatable bonds is 7. The van der Waals surface area contributed by atoms with Crippen LogP contribution >= 0.6 is 18.2 Å². The van der Waals surface area contributed by atoms with E-state index in [0.29, 0.717) is 6.07 Å². The normalized spacial score (nSPS) is 14.0. The number of halogens is 1. The fourth-order valence-electron chi connectivity index (χ4n) is 1.70. The fourth-order valence-corrected chi connectivity index (χ4v) is 3.07. The van der Waals surface area contributed by atoms with E-state index in [1.54, 1.807) is 20.8 Å². The third-order valence-electron chi connectivity index (χ3n) is 2.54. The molecule has 13 heteroatoms. The van der Waals surface area contributed by atoms with Gasteiger partial charge < -0.3 is 13.8 Å². The second-order valence-electron chi connectivity index (χ2n) is 6.07. The van der Waals surface area contributed by atoms with Crippen molar-refractivity contribution in [3.8, 4) is 5.75 Å². The van der Waals surface area contributed by atoms with Crippen molar-refractivity contribution in [1.82, 2.24) is 0 Å². The van der Waals surface area contributed by atoms with Crippen molar-refractivity contribution in [1.29, 1.82) is 0 Å². The van der Waals surface area contributed by atoms with Crippen LogP contribution in [0.2, 0.25) is 0 Å². The fraction of sp³-hybridized carbons (Fsp3) is 0.357. The van der Waals surface area contributed by atoms with E-state index in [1.807, 2.05) is 0 Å². The Morgan fingerprint density at radius 2 is 1.74 bits per heavy atom. The van der Waals surface area contributed by atoms with E-state index in [1.165, 1.54) is 6.92 Å². The smallest absolute Gasteiger partial charge is 0.457 e. The summed E-state index contributed by atoms with van der Waals surface area (Å²) in [5.41, 5.74) is -2.42. The summed E-state index contributed by atoms with van der Waals surface area (Å²) in [6.07, 6.45) is 0.891. The highest BCUT2D eigenvalue weighted by Gasteiger charge is 2.29. The molecule has 0 bridgehead atoms. The summed E-state index contributed by atoms with van der Waals surface area (Å²) in [7, 11) is 0. The Bertz CT molecular complexity index is 847. The van der Waals surface area contributed by atoms with Gasteiger partial charge in [-0.1, -0.05) is 0 Å². The number of benzene rings is 1. The van der Waals surface area contributed by atoms with Crippen molar-refractivity contribution in [3.05, 3.63) is 50.3 Å². The zero-order valence-electron chi connectivity index (χ0n) is 14.7. The maximum atomic E-state index is 12.2. The molecule has 1 aromatic carbocycles. The molecule has 0 aromatic heterocycles. The third kappa shape index (κ3) is 7.63. The van der Waals surface area contributed by atoms with Gasteiger partial charge in [0.15, 0.2) is 0 Å². The van der Waals surface area contributed by atoms with Gasteiger partial charge in [0.1, 0.15) is 17.1 Å². The molecule has 1 rings (SSSR count). The van der Waals surface area contributed by atoms with Crippen LogP contribution < -0.4 is 4.52 Å². The lowest BCUT2D eigenvalue weighted by atomic mass is 10.2. The van der Waals surface area contributed by atoms with Crippen molar-refractivity contribution in [3.63, 3.8) is 0 Å². The topological polar surface area (TPSA) is 148 Å². The number of nitro groups is 2. The van der Waals surface area contributed by atoms with Crippen LogP contribution in [-0.4, -0.2) is 21.4 Å². The maximum absolute atomic E-state index is 12.2. The van der Waals surface area contributed by atoms with Crippen LogP contribution in [0.25, 0.3) is 0 Å². The van der Waals surface area contributed by atoms with Crippen LogP contribution in [0.5, 0.6) is 5.75 Å². The number of hydrogen-bond acceptors (Lipinski definition) is 9. The Morgan fingerprint density at radius 1 is 1.19 bits per heavy atom. The molecular formula is C14H16ClN2O9P. The first-order valence-electron chi connectivity index (χ1n) is 7.23. The van der Waals surface area contributed by atoms with Crippen LogP contribution in [0.4, 0.5) is 11.4 Å². The second kappa shape index (κ2) is 8.36. The summed E-state index contributed by atoms with van der Waals surface area (Å²) in [4.78, 5) is 31.4. The highest BCUT2D eigenvalue weighted by molar-refractivity contribution is 7.81. The van der Waals surface area contributed by atoms with Gasteiger partial charge in [0.2, 0.25) is 0 Å². The number of allylic oxidation sites excluding steroid dienone is 1. The molecule has 1 aromatic rings. The van der Waals surface area contributed by atoms with Gasteiger partial charge in [-0.05, 0) is 33.8 Å². The maximum Gasteiger partial charge on any atom is 0.529 e. The Hall–Kier alpha value is -2.65. The number of carbonyl (C=O) groups excluding carboxylic acids is 1. The van der Waals surface area contributed by atoms with E-state index in [2.05, 4.69) is 0 Å². The minimum atomic E-state index is -4.36. The van der Waals surface area contributed by atoms with Crippen molar-refractivity contribution in [2.24, 2.45) is 0 Å². The van der Waals surface area contributed by atoms with Crippen LogP contribution in [0, 0.1) is 20.2 Å². The highest BCUT2D eigenvalue weighted by Crippen LogP contribution is 2.55. The average Bonchev–Trinajstić information content (AvgIpc) is 2.42. The third-order valence-corrected chi connectivity index (χ3v) is 3.88. The van der Waals surface area contributed by atoms with E-state index in [-0.39, 0.29) is 5.76 Å². The van der Waals surface area contributed by atoms with Gasteiger partial charge in [0, 0.05) is 17.3 Å². The lowest BCUT2D eigenvalue weighted by Gasteiger charge is -2.18. The molecule has 27 heavy (non-hydrogen) atoms. The molecule has 0 aliphatic rings. The molecule has 0 heterocycles.